The van der Waals surface area contributed by atoms with E-state index in [1.165, 1.54) is 0 Å². The molecular weight excluding hydrogens is 328 g/mol. The Morgan fingerprint density at radius 3 is 2.67 bits per heavy atom. The quantitative estimate of drug-likeness (QED) is 0.865. The highest BCUT2D eigenvalue weighted by Crippen LogP contribution is 2.28. The van der Waals surface area contributed by atoms with E-state index in [1.54, 1.807) is 12.0 Å². The van der Waals surface area contributed by atoms with Crippen LogP contribution in [0.1, 0.15) is 40.0 Å². The summed E-state index contributed by atoms with van der Waals surface area (Å²) in [7, 11) is 1.60. The van der Waals surface area contributed by atoms with E-state index in [0.717, 1.165) is 31.5 Å². The van der Waals surface area contributed by atoms with Crippen LogP contribution in [0.4, 0.5) is 10.5 Å². The first kappa shape index (κ1) is 18.7. The summed E-state index contributed by atoms with van der Waals surface area (Å²) < 4.78 is 10.6. The third kappa shape index (κ3) is 5.48. The predicted octanol–water partition coefficient (Wildman–Crippen LogP) is 4.55. The van der Waals surface area contributed by atoms with Crippen LogP contribution in [0, 0.1) is 0 Å². The van der Waals surface area contributed by atoms with Crippen molar-refractivity contribution in [3.05, 3.63) is 23.2 Å². The Labute approximate surface area is 149 Å². The van der Waals surface area contributed by atoms with Gasteiger partial charge in [-0.3, -0.25) is 0 Å². The minimum Gasteiger partial charge on any atom is -0.495 e. The maximum Gasteiger partial charge on any atom is 0.410 e. The Morgan fingerprint density at radius 1 is 1.29 bits per heavy atom. The molecule has 24 heavy (non-hydrogen) atoms. The molecule has 1 aromatic carbocycles. The average molecular weight is 355 g/mol. The molecule has 5 nitrogen and oxygen atoms in total. The molecule has 0 radical (unpaired) electrons. The van der Waals surface area contributed by atoms with Crippen LogP contribution in [0.2, 0.25) is 5.02 Å². The van der Waals surface area contributed by atoms with E-state index in [-0.39, 0.29) is 6.09 Å². The molecule has 134 valence electrons. The number of halogens is 1. The van der Waals surface area contributed by atoms with Gasteiger partial charge in [0.2, 0.25) is 0 Å². The largest absolute Gasteiger partial charge is 0.495 e. The highest BCUT2D eigenvalue weighted by atomic mass is 35.5. The normalized spacial score (nSPS) is 18.7. The fraction of sp³-hybridized carbons (Fsp3) is 0.611. The number of carbonyl (C=O) groups is 1. The lowest BCUT2D eigenvalue weighted by Crippen LogP contribution is -2.37. The Bertz CT molecular complexity index is 572. The monoisotopic (exact) mass is 354 g/mol. The number of amides is 1. The van der Waals surface area contributed by atoms with Gasteiger partial charge in [-0.15, -0.1) is 0 Å². The van der Waals surface area contributed by atoms with Crippen molar-refractivity contribution in [3.63, 3.8) is 0 Å². The molecule has 1 atom stereocenters. The molecule has 1 aromatic rings. The summed E-state index contributed by atoms with van der Waals surface area (Å²) in [6.07, 6.45) is 2.60. The second-order valence-electron chi connectivity index (χ2n) is 7.09. The number of likely N-dealkylation sites (tertiary alicyclic amines) is 1. The zero-order chi connectivity index (χ0) is 17.7. The molecule has 1 aliphatic rings. The number of rotatable bonds is 3. The SMILES string of the molecule is COc1ccc(NC2CCCN(C(=O)OC(C)(C)C)CC2)cc1Cl. The van der Waals surface area contributed by atoms with Crippen LogP contribution >= 0.6 is 11.6 Å². The number of carbonyl (C=O) groups excluding carboxylic acids is 1. The second-order valence-corrected chi connectivity index (χ2v) is 7.50. The molecular formula is C18H27ClN2O3. The van der Waals surface area contributed by atoms with Gasteiger partial charge >= 0.3 is 6.09 Å². The molecule has 1 saturated heterocycles. The standard InChI is InChI=1S/C18H27ClN2O3/c1-18(2,3)24-17(22)21-10-5-6-13(9-11-21)20-14-7-8-16(23-4)15(19)12-14/h7-8,12-13,20H,5-6,9-11H2,1-4H3. The van der Waals surface area contributed by atoms with Crippen LogP contribution < -0.4 is 10.1 Å². The topological polar surface area (TPSA) is 50.8 Å². The zero-order valence-corrected chi connectivity index (χ0v) is 15.7. The Hall–Kier alpha value is -1.62. The first-order valence-electron chi connectivity index (χ1n) is 8.36. The van der Waals surface area contributed by atoms with Gasteiger partial charge in [0.05, 0.1) is 12.1 Å². The van der Waals surface area contributed by atoms with Crippen molar-refractivity contribution in [2.24, 2.45) is 0 Å². The van der Waals surface area contributed by atoms with Crippen molar-refractivity contribution in [1.29, 1.82) is 0 Å². The van der Waals surface area contributed by atoms with Gasteiger partial charge in [0, 0.05) is 24.8 Å². The molecule has 6 heteroatoms. The summed E-state index contributed by atoms with van der Waals surface area (Å²) in [6, 6.07) is 5.99. The molecule has 0 spiro atoms. The van der Waals surface area contributed by atoms with E-state index in [9.17, 15) is 4.79 Å². The van der Waals surface area contributed by atoms with Crippen LogP contribution in [0.25, 0.3) is 0 Å². The van der Waals surface area contributed by atoms with Gasteiger partial charge in [-0.1, -0.05) is 11.6 Å². The lowest BCUT2D eigenvalue weighted by Gasteiger charge is -2.26. The highest BCUT2D eigenvalue weighted by molar-refractivity contribution is 6.32. The first-order chi connectivity index (χ1) is 11.3. The van der Waals surface area contributed by atoms with E-state index in [2.05, 4.69) is 5.32 Å². The fourth-order valence-corrected chi connectivity index (χ4v) is 3.00. The van der Waals surface area contributed by atoms with Crippen LogP contribution in [0.15, 0.2) is 18.2 Å². The van der Waals surface area contributed by atoms with Gasteiger partial charge in [0.1, 0.15) is 11.4 Å². The number of anilines is 1. The van der Waals surface area contributed by atoms with E-state index in [0.29, 0.717) is 23.4 Å². The van der Waals surface area contributed by atoms with Crippen molar-refractivity contribution in [2.75, 3.05) is 25.5 Å². The number of methoxy groups -OCH3 is 1. The number of benzene rings is 1. The lowest BCUT2D eigenvalue weighted by molar-refractivity contribution is 0.0256. The number of hydrogen-bond donors (Lipinski definition) is 1. The first-order valence-corrected chi connectivity index (χ1v) is 8.74. The molecule has 1 heterocycles. The minimum atomic E-state index is -0.457. The van der Waals surface area contributed by atoms with Crippen LogP contribution in [-0.4, -0.2) is 42.8 Å². The summed E-state index contributed by atoms with van der Waals surface area (Å²) in [5.41, 5.74) is 0.512. The molecule has 2 rings (SSSR count). The molecule has 1 amide bonds. The molecule has 1 aliphatic heterocycles. The Balaban J connectivity index is 1.91. The maximum atomic E-state index is 12.2. The molecule has 1 fully saturated rings. The lowest BCUT2D eigenvalue weighted by atomic mass is 10.1. The smallest absolute Gasteiger partial charge is 0.410 e. The molecule has 1 unspecified atom stereocenters. The van der Waals surface area contributed by atoms with Gasteiger partial charge in [0.25, 0.3) is 0 Å². The summed E-state index contributed by atoms with van der Waals surface area (Å²) in [6.45, 7) is 7.09. The summed E-state index contributed by atoms with van der Waals surface area (Å²) in [4.78, 5) is 14.0. The number of hydrogen-bond acceptors (Lipinski definition) is 4. The van der Waals surface area contributed by atoms with Gasteiger partial charge in [-0.05, 0) is 58.2 Å². The van der Waals surface area contributed by atoms with Crippen molar-refractivity contribution in [3.8, 4) is 5.75 Å². The van der Waals surface area contributed by atoms with E-state index < -0.39 is 5.60 Å². The van der Waals surface area contributed by atoms with E-state index in [1.807, 2.05) is 39.0 Å². The predicted molar refractivity (Wildman–Crippen MR) is 97.1 cm³/mol. The molecule has 0 bridgehead atoms. The third-order valence-corrected chi connectivity index (χ3v) is 4.20. The van der Waals surface area contributed by atoms with E-state index >= 15 is 0 Å². The Morgan fingerprint density at radius 2 is 2.04 bits per heavy atom. The molecule has 0 aromatic heterocycles. The summed E-state index contributed by atoms with van der Waals surface area (Å²) in [5.74, 6) is 0.666. The molecule has 1 N–H and O–H groups in total. The van der Waals surface area contributed by atoms with Crippen molar-refractivity contribution in [2.45, 2.75) is 51.7 Å². The van der Waals surface area contributed by atoms with Gasteiger partial charge < -0.3 is 19.7 Å². The Kier molecular flexibility index (Phi) is 6.21. The van der Waals surface area contributed by atoms with Gasteiger partial charge in [-0.2, -0.15) is 0 Å². The summed E-state index contributed by atoms with van der Waals surface area (Å²) in [5, 5.41) is 4.09. The number of nitrogens with zero attached hydrogens (tertiary/aromatic N) is 1. The number of nitrogens with one attached hydrogen (secondary N) is 1. The van der Waals surface area contributed by atoms with Crippen molar-refractivity contribution < 1.29 is 14.3 Å². The fourth-order valence-electron chi connectivity index (χ4n) is 2.74. The van der Waals surface area contributed by atoms with Gasteiger partial charge in [-0.25, -0.2) is 4.79 Å². The second kappa shape index (κ2) is 7.97. The number of ether oxygens (including phenoxy) is 2. The zero-order valence-electron chi connectivity index (χ0n) is 14.9. The van der Waals surface area contributed by atoms with Crippen molar-refractivity contribution >= 4 is 23.4 Å². The highest BCUT2D eigenvalue weighted by Gasteiger charge is 2.25. The molecule has 0 saturated carbocycles. The molecule has 0 aliphatic carbocycles. The van der Waals surface area contributed by atoms with E-state index in [4.69, 9.17) is 21.1 Å². The van der Waals surface area contributed by atoms with Crippen LogP contribution in [-0.2, 0) is 4.74 Å². The maximum absolute atomic E-state index is 12.2. The van der Waals surface area contributed by atoms with Crippen molar-refractivity contribution in [1.82, 2.24) is 4.90 Å². The third-order valence-electron chi connectivity index (χ3n) is 3.90. The minimum absolute atomic E-state index is 0.226. The van der Waals surface area contributed by atoms with Gasteiger partial charge in [0.15, 0.2) is 0 Å². The van der Waals surface area contributed by atoms with Crippen LogP contribution in [0.5, 0.6) is 5.75 Å². The average Bonchev–Trinajstić information content (AvgIpc) is 2.71. The summed E-state index contributed by atoms with van der Waals surface area (Å²) >= 11 is 6.17. The van der Waals surface area contributed by atoms with Crippen LogP contribution in [0.3, 0.4) is 0 Å².